The number of anilines is 1. The molecule has 2 aliphatic heterocycles. The van der Waals surface area contributed by atoms with E-state index in [1.165, 1.54) is 36.8 Å². The number of nitrogens with zero attached hydrogens (tertiary/aromatic N) is 3. The minimum absolute atomic E-state index is 0.291. The molecule has 18 nitrogen and oxygen atoms in total. The van der Waals surface area contributed by atoms with Crippen LogP contribution in [0.5, 0.6) is 0 Å². The quantitative estimate of drug-likeness (QED) is 0.0332. The molecule has 9 rings (SSSR count). The lowest BCUT2D eigenvalue weighted by Crippen LogP contribution is -2.43. The molecule has 5 aromatic rings. The van der Waals surface area contributed by atoms with Gasteiger partial charge >= 0.3 is 17.9 Å². The third-order valence-corrected chi connectivity index (χ3v) is 17.0. The smallest absolute Gasteiger partial charge is 0.310 e. The molecule has 6 atom stereocenters. The third-order valence-electron chi connectivity index (χ3n) is 17.0. The van der Waals surface area contributed by atoms with Crippen molar-refractivity contribution in [1.82, 2.24) is 20.4 Å². The molecule has 0 radical (unpaired) electrons. The van der Waals surface area contributed by atoms with Gasteiger partial charge in [0.2, 0.25) is 0 Å². The standard InChI is InChI=1S/C19H20N4O.C19H22N4O.2C10H16O4/c20-19(24)17-5-1-3-15-12-23(22-18(15)17)16-8-6-13(7-9-16)14-4-2-10-21-11-14;20-18-15(3-1-5-17(18)19(21)24)12-23-16-8-6-13(7-9-16)14-4-2-10-22-11-14;1-9(2)7(14-6-11)4-5-10(9,3)8(12)13;1-9(2)6(7(11)12)4-5-10(9,3)8(13)14/h1,3,5-9,12,14,21H,2,4,10-11H2,(H2,20,24);1,3,5-9,12,14,22H,2,4,10-11,20H2,(H2,21,24);6-7H,4-5H2,1-3H3,(H,12,13);6H,4-5H2,1-3H3,(H,11,12)(H,13,14)/t;;7-,10-;6-,10+/m..10/s1. The number of carbonyl (C=O) groups excluding carboxylic acids is 3. The highest BCUT2D eigenvalue weighted by Gasteiger charge is 2.59. The highest BCUT2D eigenvalue weighted by atomic mass is 16.5. The lowest BCUT2D eigenvalue weighted by molar-refractivity contribution is -0.160. The number of hydrogen-bond acceptors (Lipinski definition) is 12. The maximum atomic E-state index is 11.5. The van der Waals surface area contributed by atoms with Gasteiger partial charge in [-0.3, -0.25) is 33.8 Å². The van der Waals surface area contributed by atoms with E-state index in [1.807, 2.05) is 50.4 Å². The van der Waals surface area contributed by atoms with Gasteiger partial charge < -0.3 is 47.9 Å². The van der Waals surface area contributed by atoms with Crippen molar-refractivity contribution >= 4 is 64.7 Å². The Hall–Kier alpha value is -7.44. The monoisotopic (exact) mass is 1040 g/mol. The molecule has 76 heavy (non-hydrogen) atoms. The predicted molar refractivity (Wildman–Crippen MR) is 292 cm³/mol. The number of carboxylic acid groups (broad SMARTS) is 3. The summed E-state index contributed by atoms with van der Waals surface area (Å²) in [6, 6.07) is 27.4. The first-order valence-electron chi connectivity index (χ1n) is 25.9. The topological polar surface area (TPSA) is 305 Å². The Balaban J connectivity index is 0.000000170. The number of nitrogen functional groups attached to an aromatic ring is 1. The van der Waals surface area contributed by atoms with Crippen LogP contribution in [-0.4, -0.2) is 99.8 Å². The average molecular weight is 1040 g/mol. The van der Waals surface area contributed by atoms with Crippen molar-refractivity contribution in [2.24, 2.45) is 44.0 Å². The van der Waals surface area contributed by atoms with E-state index >= 15 is 0 Å². The average Bonchev–Trinajstić information content (AvgIpc) is 4.03. The van der Waals surface area contributed by atoms with E-state index in [0.717, 1.165) is 42.9 Å². The second kappa shape index (κ2) is 24.5. The van der Waals surface area contributed by atoms with Crippen LogP contribution in [0.15, 0.2) is 96.1 Å². The number of aliphatic imine (C=N–C) groups is 1. The first-order chi connectivity index (χ1) is 36.0. The molecule has 406 valence electrons. The summed E-state index contributed by atoms with van der Waals surface area (Å²) in [6.07, 6.45) is 10.3. The van der Waals surface area contributed by atoms with Crippen LogP contribution in [-0.2, 0) is 23.9 Å². The van der Waals surface area contributed by atoms with Gasteiger partial charge in [0.05, 0.1) is 44.9 Å². The first kappa shape index (κ1) is 57.8. The second-order valence-corrected chi connectivity index (χ2v) is 21.8. The second-order valence-electron chi connectivity index (χ2n) is 21.8. The van der Waals surface area contributed by atoms with Crippen molar-refractivity contribution < 1.29 is 48.8 Å². The Morgan fingerprint density at radius 3 is 1.70 bits per heavy atom. The number of para-hydroxylation sites is 1. The molecule has 4 aromatic carbocycles. The largest absolute Gasteiger partial charge is 0.481 e. The van der Waals surface area contributed by atoms with Crippen LogP contribution in [0.25, 0.3) is 16.6 Å². The van der Waals surface area contributed by atoms with Crippen LogP contribution in [0.4, 0.5) is 11.4 Å². The van der Waals surface area contributed by atoms with E-state index in [0.29, 0.717) is 71.9 Å². The van der Waals surface area contributed by atoms with E-state index < -0.39 is 57.3 Å². The zero-order valence-electron chi connectivity index (χ0n) is 44.4. The van der Waals surface area contributed by atoms with Crippen molar-refractivity contribution in [3.8, 4) is 5.69 Å². The normalized spacial score (nSPS) is 24.3. The maximum absolute atomic E-state index is 11.5. The number of benzene rings is 4. The Morgan fingerprint density at radius 1 is 0.697 bits per heavy atom. The van der Waals surface area contributed by atoms with Gasteiger partial charge in [0.15, 0.2) is 0 Å². The molecule has 2 saturated heterocycles. The Kier molecular flexibility index (Phi) is 18.6. The zero-order valence-corrected chi connectivity index (χ0v) is 44.4. The summed E-state index contributed by atoms with van der Waals surface area (Å²) in [6.45, 7) is 15.2. The number of carboxylic acids is 3. The van der Waals surface area contributed by atoms with Gasteiger partial charge in [0, 0.05) is 41.9 Å². The van der Waals surface area contributed by atoms with Crippen molar-refractivity contribution in [1.29, 1.82) is 0 Å². The first-order valence-corrected chi connectivity index (χ1v) is 25.9. The number of hydrogen-bond donors (Lipinski definition) is 8. The molecule has 2 aliphatic carbocycles. The number of aliphatic carboxylic acids is 3. The predicted octanol–water partition coefficient (Wildman–Crippen LogP) is 8.21. The molecule has 2 amide bonds. The van der Waals surface area contributed by atoms with E-state index in [1.54, 1.807) is 56.8 Å². The summed E-state index contributed by atoms with van der Waals surface area (Å²) >= 11 is 0. The Labute approximate surface area is 443 Å². The summed E-state index contributed by atoms with van der Waals surface area (Å²) in [5.74, 6) is -2.97. The molecule has 4 fully saturated rings. The molecular formula is C58H74N8O10. The number of amides is 2. The van der Waals surface area contributed by atoms with Crippen LogP contribution in [0, 0.1) is 27.6 Å². The number of nitrogens with one attached hydrogen (secondary N) is 2. The lowest BCUT2D eigenvalue weighted by atomic mass is 9.66. The molecule has 1 aromatic heterocycles. The lowest BCUT2D eigenvalue weighted by Gasteiger charge is -2.37. The number of piperidine rings is 2. The van der Waals surface area contributed by atoms with E-state index in [-0.39, 0.29) is 6.10 Å². The highest BCUT2D eigenvalue weighted by molar-refractivity contribution is 6.05. The van der Waals surface area contributed by atoms with Gasteiger partial charge in [-0.1, -0.05) is 76.2 Å². The molecule has 4 aliphatic rings. The van der Waals surface area contributed by atoms with Crippen LogP contribution in [0.1, 0.15) is 142 Å². The fourth-order valence-corrected chi connectivity index (χ4v) is 10.9. The number of aromatic nitrogens is 2. The van der Waals surface area contributed by atoms with Gasteiger partial charge in [-0.2, -0.15) is 5.10 Å². The SMILES string of the molecule is CC1(C)[C@H](C(=O)O)CC[C@]1(C)C(=O)O.CC1(C)[C@H](OC=O)CC[C@]1(C)C(=O)O.NC(=O)c1cccc(C=Nc2ccc(C3CCCNC3)cc2)c1N.NC(=O)c1cccc2cn(-c3ccc(C4CCCNC4)cc3)nc12. The number of primary amides is 2. The van der Waals surface area contributed by atoms with E-state index in [2.05, 4.69) is 57.1 Å². The summed E-state index contributed by atoms with van der Waals surface area (Å²) < 4.78 is 6.73. The Morgan fingerprint density at radius 2 is 1.22 bits per heavy atom. The molecule has 0 bridgehead atoms. The molecule has 18 heteroatoms. The van der Waals surface area contributed by atoms with Gasteiger partial charge in [0.25, 0.3) is 18.3 Å². The van der Waals surface area contributed by atoms with Crippen molar-refractivity contribution in [3.63, 3.8) is 0 Å². The van der Waals surface area contributed by atoms with Gasteiger partial charge in [-0.25, -0.2) is 4.68 Å². The highest BCUT2D eigenvalue weighted by Crippen LogP contribution is 2.56. The zero-order chi connectivity index (χ0) is 55.6. The molecule has 3 heterocycles. The fraction of sp³-hybridized carbons (Fsp3) is 0.448. The minimum atomic E-state index is -0.921. The van der Waals surface area contributed by atoms with Crippen molar-refractivity contribution in [3.05, 3.63) is 119 Å². The van der Waals surface area contributed by atoms with Crippen LogP contribution < -0.4 is 27.8 Å². The molecule has 0 spiro atoms. The number of ether oxygens (including phenoxy) is 1. The van der Waals surface area contributed by atoms with Crippen LogP contribution >= 0.6 is 0 Å². The van der Waals surface area contributed by atoms with E-state index in [4.69, 9.17) is 37.3 Å². The summed E-state index contributed by atoms with van der Waals surface area (Å²) in [4.78, 5) is 70.8. The molecular weight excluding hydrogens is 969 g/mol. The maximum Gasteiger partial charge on any atom is 0.310 e. The van der Waals surface area contributed by atoms with Gasteiger partial charge in [-0.15, -0.1) is 0 Å². The fourth-order valence-electron chi connectivity index (χ4n) is 10.9. The summed E-state index contributed by atoms with van der Waals surface area (Å²) in [5, 5.41) is 39.6. The number of rotatable bonds is 12. The van der Waals surface area contributed by atoms with E-state index in [9.17, 15) is 28.8 Å². The molecule has 11 N–H and O–H groups in total. The van der Waals surface area contributed by atoms with Crippen molar-refractivity contribution in [2.75, 3.05) is 31.9 Å². The number of nitrogens with two attached hydrogens (primary N) is 3. The van der Waals surface area contributed by atoms with Crippen LogP contribution in [0.2, 0.25) is 0 Å². The van der Waals surface area contributed by atoms with Crippen molar-refractivity contribution in [2.45, 2.75) is 111 Å². The summed E-state index contributed by atoms with van der Waals surface area (Å²) in [7, 11) is 0. The van der Waals surface area contributed by atoms with Gasteiger partial charge in [0.1, 0.15) is 11.6 Å². The minimum Gasteiger partial charge on any atom is -0.481 e. The van der Waals surface area contributed by atoms with Gasteiger partial charge in [-0.05, 0) is 143 Å². The number of carbonyl (C=O) groups is 6. The number of fused-ring (bicyclic) bond motifs is 1. The third kappa shape index (κ3) is 12.6. The van der Waals surface area contributed by atoms with Crippen LogP contribution in [0.3, 0.4) is 0 Å². The summed E-state index contributed by atoms with van der Waals surface area (Å²) in [5.41, 5.74) is 20.8. The molecule has 2 saturated carbocycles. The Bertz CT molecular complexity index is 2900. The molecule has 2 unspecified atom stereocenters.